The topological polar surface area (TPSA) is 72.4 Å². The lowest BCUT2D eigenvalue weighted by molar-refractivity contribution is -0.114. The Labute approximate surface area is 166 Å². The summed E-state index contributed by atoms with van der Waals surface area (Å²) in [5, 5.41) is 5.67. The Morgan fingerprint density at radius 3 is 2.43 bits per heavy atom. The first-order chi connectivity index (χ1) is 13.4. The van der Waals surface area contributed by atoms with Gasteiger partial charge in [0, 0.05) is 36.1 Å². The van der Waals surface area contributed by atoms with Gasteiger partial charge in [-0.3, -0.25) is 9.59 Å². The lowest BCUT2D eigenvalue weighted by atomic mass is 9.95. The fourth-order valence-electron chi connectivity index (χ4n) is 4.17. The molecule has 1 aromatic heterocycles. The predicted octanol–water partition coefficient (Wildman–Crippen LogP) is 4.83. The number of benzene rings is 1. The molecule has 2 N–H and O–H groups in total. The van der Waals surface area contributed by atoms with E-state index in [0.717, 1.165) is 11.4 Å². The number of aromatic nitrogens is 1. The molecule has 6 nitrogen and oxygen atoms in total. The molecule has 0 aliphatic heterocycles. The highest BCUT2D eigenvalue weighted by Gasteiger charge is 2.22. The van der Waals surface area contributed by atoms with E-state index in [0.29, 0.717) is 28.7 Å². The third kappa shape index (κ3) is 4.21. The molecule has 1 heterocycles. The number of hydrogen-bond acceptors (Lipinski definition) is 3. The van der Waals surface area contributed by atoms with Crippen LogP contribution in [-0.4, -0.2) is 23.5 Å². The Balaban J connectivity index is 1.80. The Morgan fingerprint density at radius 1 is 1.07 bits per heavy atom. The zero-order valence-corrected chi connectivity index (χ0v) is 17.1. The molecule has 0 atom stereocenters. The normalized spacial score (nSPS) is 14.6. The molecule has 1 fully saturated rings. The van der Waals surface area contributed by atoms with Gasteiger partial charge in [-0.2, -0.15) is 0 Å². The van der Waals surface area contributed by atoms with E-state index in [1.54, 1.807) is 18.2 Å². The van der Waals surface area contributed by atoms with Crippen LogP contribution in [0.3, 0.4) is 0 Å². The average Bonchev–Trinajstić information content (AvgIpc) is 2.97. The summed E-state index contributed by atoms with van der Waals surface area (Å²) in [4.78, 5) is 24.2. The van der Waals surface area contributed by atoms with Gasteiger partial charge in [-0.05, 0) is 44.9 Å². The van der Waals surface area contributed by atoms with Crippen molar-refractivity contribution in [2.45, 2.75) is 58.9 Å². The number of carbonyl (C=O) groups is 2. The first-order valence-electron chi connectivity index (χ1n) is 9.86. The SMILES string of the molecule is COc1cc(NC(=O)c2cc(C)n(C3CCCCC3)c2C)ccc1NC(C)=O. The van der Waals surface area contributed by atoms with Gasteiger partial charge in [0.1, 0.15) is 5.75 Å². The highest BCUT2D eigenvalue weighted by Crippen LogP contribution is 2.33. The van der Waals surface area contributed by atoms with Crippen LogP contribution in [-0.2, 0) is 4.79 Å². The maximum atomic E-state index is 12.9. The van der Waals surface area contributed by atoms with Crippen molar-refractivity contribution in [1.29, 1.82) is 0 Å². The number of nitrogens with one attached hydrogen (secondary N) is 2. The summed E-state index contributed by atoms with van der Waals surface area (Å²) in [7, 11) is 1.53. The van der Waals surface area contributed by atoms with Gasteiger partial charge in [0.25, 0.3) is 5.91 Å². The molecule has 0 bridgehead atoms. The second-order valence-corrected chi connectivity index (χ2v) is 7.50. The van der Waals surface area contributed by atoms with E-state index < -0.39 is 0 Å². The summed E-state index contributed by atoms with van der Waals surface area (Å²) in [6, 6.07) is 7.66. The third-order valence-electron chi connectivity index (χ3n) is 5.44. The van der Waals surface area contributed by atoms with E-state index in [-0.39, 0.29) is 11.8 Å². The van der Waals surface area contributed by atoms with Crippen molar-refractivity contribution in [1.82, 2.24) is 4.57 Å². The van der Waals surface area contributed by atoms with Crippen molar-refractivity contribution in [3.63, 3.8) is 0 Å². The monoisotopic (exact) mass is 383 g/mol. The van der Waals surface area contributed by atoms with Crippen LogP contribution in [0.25, 0.3) is 0 Å². The van der Waals surface area contributed by atoms with Gasteiger partial charge in [0.2, 0.25) is 5.91 Å². The van der Waals surface area contributed by atoms with E-state index in [1.807, 2.05) is 13.0 Å². The second kappa shape index (κ2) is 8.50. The molecule has 3 rings (SSSR count). The summed E-state index contributed by atoms with van der Waals surface area (Å²) in [5.74, 6) is 0.190. The number of anilines is 2. The largest absolute Gasteiger partial charge is 0.494 e. The molecule has 1 aromatic carbocycles. The number of aryl methyl sites for hydroxylation is 1. The van der Waals surface area contributed by atoms with Gasteiger partial charge in [-0.1, -0.05) is 19.3 Å². The van der Waals surface area contributed by atoms with Crippen LogP contribution in [0.4, 0.5) is 11.4 Å². The van der Waals surface area contributed by atoms with Crippen molar-refractivity contribution in [3.05, 3.63) is 41.2 Å². The summed E-state index contributed by atoms with van der Waals surface area (Å²) < 4.78 is 7.66. The van der Waals surface area contributed by atoms with E-state index in [1.165, 1.54) is 46.1 Å². The summed E-state index contributed by atoms with van der Waals surface area (Å²) in [6.45, 7) is 5.54. The van der Waals surface area contributed by atoms with Gasteiger partial charge >= 0.3 is 0 Å². The maximum Gasteiger partial charge on any atom is 0.257 e. The Kier molecular flexibility index (Phi) is 6.07. The average molecular weight is 383 g/mol. The number of ether oxygens (including phenoxy) is 1. The predicted molar refractivity (Wildman–Crippen MR) is 111 cm³/mol. The molecule has 0 radical (unpaired) electrons. The number of nitrogens with zero attached hydrogens (tertiary/aromatic N) is 1. The smallest absolute Gasteiger partial charge is 0.257 e. The van der Waals surface area contributed by atoms with Crippen molar-refractivity contribution < 1.29 is 14.3 Å². The first-order valence-corrected chi connectivity index (χ1v) is 9.86. The van der Waals surface area contributed by atoms with E-state index in [2.05, 4.69) is 22.1 Å². The quantitative estimate of drug-likeness (QED) is 0.777. The standard InChI is InChI=1S/C22H29N3O3/c1-14-12-19(15(2)25(14)18-8-6-5-7-9-18)22(27)24-17-10-11-20(23-16(3)26)21(13-17)28-4/h10-13,18H,5-9H2,1-4H3,(H,23,26)(H,24,27). The van der Waals surface area contributed by atoms with E-state index >= 15 is 0 Å². The Morgan fingerprint density at radius 2 is 1.79 bits per heavy atom. The van der Waals surface area contributed by atoms with E-state index in [9.17, 15) is 9.59 Å². The molecule has 2 aromatic rings. The van der Waals surface area contributed by atoms with Gasteiger partial charge in [-0.15, -0.1) is 0 Å². The molecular formula is C22H29N3O3. The Hall–Kier alpha value is -2.76. The highest BCUT2D eigenvalue weighted by atomic mass is 16.5. The fraction of sp³-hybridized carbons (Fsp3) is 0.455. The summed E-state index contributed by atoms with van der Waals surface area (Å²) in [5.41, 5.74) is 4.05. The van der Waals surface area contributed by atoms with Crippen molar-refractivity contribution >= 4 is 23.2 Å². The number of rotatable bonds is 5. The van der Waals surface area contributed by atoms with Gasteiger partial charge in [0.05, 0.1) is 18.4 Å². The second-order valence-electron chi connectivity index (χ2n) is 7.50. The van der Waals surface area contributed by atoms with E-state index in [4.69, 9.17) is 4.74 Å². The fourth-order valence-corrected chi connectivity index (χ4v) is 4.17. The van der Waals surface area contributed by atoms with Crippen LogP contribution in [0.15, 0.2) is 24.3 Å². The van der Waals surface area contributed by atoms with Crippen LogP contribution < -0.4 is 15.4 Å². The first kappa shape index (κ1) is 20.0. The van der Waals surface area contributed by atoms with Gasteiger partial charge in [-0.25, -0.2) is 0 Å². The van der Waals surface area contributed by atoms with Crippen LogP contribution >= 0.6 is 0 Å². The minimum absolute atomic E-state index is 0.135. The molecule has 2 amide bonds. The molecule has 150 valence electrons. The van der Waals surface area contributed by atoms with Gasteiger partial charge < -0.3 is 19.9 Å². The molecule has 1 saturated carbocycles. The third-order valence-corrected chi connectivity index (χ3v) is 5.44. The van der Waals surface area contributed by atoms with Gasteiger partial charge in [0.15, 0.2) is 0 Å². The number of carbonyl (C=O) groups excluding carboxylic acids is 2. The molecule has 1 aliphatic carbocycles. The lowest BCUT2D eigenvalue weighted by Crippen LogP contribution is -2.17. The van der Waals surface area contributed by atoms with Crippen molar-refractivity contribution in [2.24, 2.45) is 0 Å². The maximum absolute atomic E-state index is 12.9. The van der Waals surface area contributed by atoms with Crippen molar-refractivity contribution in [2.75, 3.05) is 17.7 Å². The Bertz CT molecular complexity index is 879. The number of hydrogen-bond donors (Lipinski definition) is 2. The molecule has 28 heavy (non-hydrogen) atoms. The minimum atomic E-state index is -0.176. The van der Waals surface area contributed by atoms with Crippen LogP contribution in [0.2, 0.25) is 0 Å². The number of amides is 2. The molecule has 1 aliphatic rings. The van der Waals surface area contributed by atoms with Crippen LogP contribution in [0, 0.1) is 13.8 Å². The lowest BCUT2D eigenvalue weighted by Gasteiger charge is -2.26. The van der Waals surface area contributed by atoms with Crippen LogP contribution in [0.5, 0.6) is 5.75 Å². The summed E-state index contributed by atoms with van der Waals surface area (Å²) in [6.07, 6.45) is 6.17. The zero-order chi connectivity index (χ0) is 20.3. The van der Waals surface area contributed by atoms with Crippen LogP contribution in [0.1, 0.15) is 66.8 Å². The molecule has 0 spiro atoms. The van der Waals surface area contributed by atoms with Crippen molar-refractivity contribution in [3.8, 4) is 5.75 Å². The zero-order valence-electron chi connectivity index (χ0n) is 17.1. The molecular weight excluding hydrogens is 354 g/mol. The molecule has 6 heteroatoms. The molecule has 0 unspecified atom stereocenters. The number of methoxy groups -OCH3 is 1. The minimum Gasteiger partial charge on any atom is -0.494 e. The molecule has 0 saturated heterocycles. The summed E-state index contributed by atoms with van der Waals surface area (Å²) >= 11 is 0. The highest BCUT2D eigenvalue weighted by molar-refractivity contribution is 6.05.